The predicted octanol–water partition coefficient (Wildman–Crippen LogP) is 3.15. The summed E-state index contributed by atoms with van der Waals surface area (Å²) in [4.78, 5) is 14.7. The zero-order valence-electron chi connectivity index (χ0n) is 14.0. The fourth-order valence-electron chi connectivity index (χ4n) is 3.20. The summed E-state index contributed by atoms with van der Waals surface area (Å²) in [6.07, 6.45) is 2.51. The Hall–Kier alpha value is -2.54. The van der Waals surface area contributed by atoms with Gasteiger partial charge in [0.25, 0.3) is 0 Å². The number of nitrogens with zero attached hydrogens (tertiary/aromatic N) is 4. The van der Waals surface area contributed by atoms with Crippen molar-refractivity contribution in [3.8, 4) is 11.6 Å². The van der Waals surface area contributed by atoms with Gasteiger partial charge in [-0.05, 0) is 37.1 Å². The number of para-hydroxylation sites is 1. The standard InChI is InChI=1S/C18H18N4O2S/c1-12-10-13-6-3-4-7-14(13)22(12)16(23)11-25-18-20-19-17(21(18)2)15-8-5-9-24-15/h3-9,12H,10-11H2,1-2H3/t12-/m1/s1. The number of hydrogen-bond acceptors (Lipinski definition) is 5. The van der Waals surface area contributed by atoms with Gasteiger partial charge in [0.1, 0.15) is 0 Å². The minimum Gasteiger partial charge on any atom is -0.461 e. The van der Waals surface area contributed by atoms with E-state index >= 15 is 0 Å². The summed E-state index contributed by atoms with van der Waals surface area (Å²) in [5.74, 6) is 1.73. The van der Waals surface area contributed by atoms with E-state index in [-0.39, 0.29) is 11.9 Å². The second-order valence-electron chi connectivity index (χ2n) is 6.08. The Morgan fingerprint density at radius 2 is 2.12 bits per heavy atom. The lowest BCUT2D eigenvalue weighted by Gasteiger charge is -2.22. The summed E-state index contributed by atoms with van der Waals surface area (Å²) in [5, 5.41) is 9.03. The lowest BCUT2D eigenvalue weighted by atomic mass is 10.1. The molecule has 25 heavy (non-hydrogen) atoms. The summed E-state index contributed by atoms with van der Waals surface area (Å²) < 4.78 is 7.21. The van der Waals surface area contributed by atoms with Crippen LogP contribution >= 0.6 is 11.8 Å². The number of fused-ring (bicyclic) bond motifs is 1. The van der Waals surface area contributed by atoms with Crippen molar-refractivity contribution in [1.82, 2.24) is 14.8 Å². The first-order valence-electron chi connectivity index (χ1n) is 8.11. The molecule has 6 nitrogen and oxygen atoms in total. The van der Waals surface area contributed by atoms with Crippen LogP contribution in [-0.2, 0) is 18.3 Å². The van der Waals surface area contributed by atoms with Crippen LogP contribution in [0.15, 0.2) is 52.2 Å². The van der Waals surface area contributed by atoms with E-state index in [1.807, 2.05) is 46.8 Å². The topological polar surface area (TPSA) is 64.2 Å². The molecule has 2 aromatic heterocycles. The normalized spacial score (nSPS) is 16.2. The van der Waals surface area contributed by atoms with Crippen LogP contribution < -0.4 is 4.90 Å². The van der Waals surface area contributed by atoms with Crippen LogP contribution in [0.25, 0.3) is 11.6 Å². The fraction of sp³-hybridized carbons (Fsp3) is 0.278. The lowest BCUT2D eigenvalue weighted by molar-refractivity contribution is -0.116. The lowest BCUT2D eigenvalue weighted by Crippen LogP contribution is -2.37. The van der Waals surface area contributed by atoms with Crippen molar-refractivity contribution in [2.75, 3.05) is 10.7 Å². The molecule has 7 heteroatoms. The van der Waals surface area contributed by atoms with E-state index in [1.54, 1.807) is 6.26 Å². The van der Waals surface area contributed by atoms with Crippen LogP contribution in [0.3, 0.4) is 0 Å². The Morgan fingerprint density at radius 1 is 1.28 bits per heavy atom. The second kappa shape index (κ2) is 6.40. The quantitative estimate of drug-likeness (QED) is 0.674. The second-order valence-corrected chi connectivity index (χ2v) is 7.02. The largest absolute Gasteiger partial charge is 0.461 e. The molecule has 1 atom stereocenters. The van der Waals surface area contributed by atoms with Gasteiger partial charge in [0, 0.05) is 18.8 Å². The highest BCUT2D eigenvalue weighted by Crippen LogP contribution is 2.33. The van der Waals surface area contributed by atoms with Gasteiger partial charge in [0.05, 0.1) is 12.0 Å². The van der Waals surface area contributed by atoms with Crippen molar-refractivity contribution in [1.29, 1.82) is 0 Å². The zero-order valence-corrected chi connectivity index (χ0v) is 14.9. The maximum Gasteiger partial charge on any atom is 0.237 e. The highest BCUT2D eigenvalue weighted by molar-refractivity contribution is 7.99. The molecule has 3 heterocycles. The Morgan fingerprint density at radius 3 is 2.92 bits per heavy atom. The fourth-order valence-corrected chi connectivity index (χ4v) is 3.97. The van der Waals surface area contributed by atoms with Gasteiger partial charge in [-0.15, -0.1) is 10.2 Å². The molecule has 0 N–H and O–H groups in total. The minimum atomic E-state index is 0.0880. The van der Waals surface area contributed by atoms with Gasteiger partial charge in [-0.2, -0.15) is 0 Å². The van der Waals surface area contributed by atoms with Gasteiger partial charge in [0.15, 0.2) is 16.7 Å². The molecule has 3 aromatic rings. The Balaban J connectivity index is 1.48. The third-order valence-corrected chi connectivity index (χ3v) is 5.38. The van der Waals surface area contributed by atoms with E-state index < -0.39 is 0 Å². The van der Waals surface area contributed by atoms with E-state index in [9.17, 15) is 4.79 Å². The molecule has 1 aliphatic heterocycles. The SMILES string of the molecule is C[C@@H]1Cc2ccccc2N1C(=O)CSc1nnc(-c2ccco2)n1C. The number of benzene rings is 1. The summed E-state index contributed by atoms with van der Waals surface area (Å²) in [6.45, 7) is 2.08. The Labute approximate surface area is 149 Å². The maximum atomic E-state index is 12.8. The smallest absolute Gasteiger partial charge is 0.237 e. The van der Waals surface area contributed by atoms with Gasteiger partial charge < -0.3 is 13.9 Å². The van der Waals surface area contributed by atoms with Crippen LogP contribution in [0.4, 0.5) is 5.69 Å². The number of hydrogen-bond donors (Lipinski definition) is 0. The molecular formula is C18H18N4O2S. The molecule has 0 saturated carbocycles. The molecule has 0 spiro atoms. The Kier molecular flexibility index (Phi) is 4.09. The van der Waals surface area contributed by atoms with Crippen molar-refractivity contribution >= 4 is 23.4 Å². The molecule has 0 radical (unpaired) electrons. The van der Waals surface area contributed by atoms with Gasteiger partial charge in [-0.25, -0.2) is 0 Å². The molecule has 0 aliphatic carbocycles. The highest BCUT2D eigenvalue weighted by atomic mass is 32.2. The Bertz CT molecular complexity index is 904. The van der Waals surface area contributed by atoms with E-state index in [2.05, 4.69) is 23.2 Å². The third kappa shape index (κ3) is 2.84. The number of carbonyl (C=O) groups excluding carboxylic acids is 1. The molecule has 1 aliphatic rings. The predicted molar refractivity (Wildman–Crippen MR) is 96.5 cm³/mol. The first-order valence-corrected chi connectivity index (χ1v) is 9.09. The third-order valence-electron chi connectivity index (χ3n) is 4.38. The number of carbonyl (C=O) groups is 1. The number of rotatable bonds is 4. The number of anilines is 1. The molecule has 1 aromatic carbocycles. The molecular weight excluding hydrogens is 336 g/mol. The maximum absolute atomic E-state index is 12.8. The van der Waals surface area contributed by atoms with Crippen molar-refractivity contribution in [2.45, 2.75) is 24.5 Å². The summed E-state index contributed by atoms with van der Waals surface area (Å²) in [5.41, 5.74) is 2.25. The van der Waals surface area contributed by atoms with Crippen molar-refractivity contribution in [3.63, 3.8) is 0 Å². The summed E-state index contributed by atoms with van der Waals surface area (Å²) >= 11 is 1.39. The monoisotopic (exact) mass is 354 g/mol. The summed E-state index contributed by atoms with van der Waals surface area (Å²) in [6, 6.07) is 11.9. The van der Waals surface area contributed by atoms with Gasteiger partial charge in [-0.3, -0.25) is 4.79 Å². The van der Waals surface area contributed by atoms with Crippen LogP contribution in [0.2, 0.25) is 0 Å². The molecule has 0 unspecified atom stereocenters. The van der Waals surface area contributed by atoms with Gasteiger partial charge >= 0.3 is 0 Å². The van der Waals surface area contributed by atoms with Gasteiger partial charge in [-0.1, -0.05) is 30.0 Å². The van der Waals surface area contributed by atoms with Crippen molar-refractivity contribution in [2.24, 2.45) is 7.05 Å². The van der Waals surface area contributed by atoms with Crippen molar-refractivity contribution < 1.29 is 9.21 Å². The van der Waals surface area contributed by atoms with Crippen LogP contribution in [-0.4, -0.2) is 32.5 Å². The van der Waals surface area contributed by atoms with Crippen LogP contribution in [0.5, 0.6) is 0 Å². The zero-order chi connectivity index (χ0) is 17.4. The van der Waals surface area contributed by atoms with Crippen LogP contribution in [0, 0.1) is 0 Å². The van der Waals surface area contributed by atoms with E-state index in [1.165, 1.54) is 17.3 Å². The van der Waals surface area contributed by atoms with E-state index in [0.29, 0.717) is 22.5 Å². The average molecular weight is 354 g/mol. The highest BCUT2D eigenvalue weighted by Gasteiger charge is 2.30. The molecule has 0 bridgehead atoms. The number of amides is 1. The number of furan rings is 1. The summed E-state index contributed by atoms with van der Waals surface area (Å²) in [7, 11) is 1.87. The molecule has 128 valence electrons. The number of thioether (sulfide) groups is 1. The van der Waals surface area contributed by atoms with Gasteiger partial charge in [0.2, 0.25) is 5.91 Å². The van der Waals surface area contributed by atoms with Crippen molar-refractivity contribution in [3.05, 3.63) is 48.2 Å². The molecule has 0 saturated heterocycles. The minimum absolute atomic E-state index is 0.0880. The molecule has 0 fully saturated rings. The van der Waals surface area contributed by atoms with E-state index in [0.717, 1.165) is 12.1 Å². The first kappa shape index (κ1) is 16.0. The van der Waals surface area contributed by atoms with Crippen LogP contribution in [0.1, 0.15) is 12.5 Å². The first-order chi connectivity index (χ1) is 12.1. The average Bonchev–Trinajstić information content (AvgIpc) is 3.31. The van der Waals surface area contributed by atoms with E-state index in [4.69, 9.17) is 4.42 Å². The molecule has 1 amide bonds. The number of aromatic nitrogens is 3. The molecule has 4 rings (SSSR count).